The van der Waals surface area contributed by atoms with Crippen LogP contribution in [0, 0.1) is 5.92 Å². The molecule has 1 aliphatic rings. The number of likely N-dealkylation sites (tertiary alicyclic amines) is 1. The van der Waals surface area contributed by atoms with Gasteiger partial charge in [-0.2, -0.15) is 0 Å². The van der Waals surface area contributed by atoms with Crippen LogP contribution in [0.5, 0.6) is 0 Å². The van der Waals surface area contributed by atoms with Gasteiger partial charge in [-0.15, -0.1) is 0 Å². The van der Waals surface area contributed by atoms with Gasteiger partial charge in [-0.05, 0) is 31.2 Å². The molecule has 0 saturated carbocycles. The quantitative estimate of drug-likeness (QED) is 0.871. The summed E-state index contributed by atoms with van der Waals surface area (Å²) in [4.78, 5) is 15.1. The Morgan fingerprint density at radius 1 is 1.30 bits per heavy atom. The lowest BCUT2D eigenvalue weighted by molar-refractivity contribution is -0.135. The van der Waals surface area contributed by atoms with E-state index in [-0.39, 0.29) is 16.9 Å². The molecule has 2 rings (SSSR count). The molecule has 0 aromatic heterocycles. The maximum absolute atomic E-state index is 12.9. The van der Waals surface area contributed by atoms with Gasteiger partial charge in [0.15, 0.2) is 0 Å². The van der Waals surface area contributed by atoms with Crippen LogP contribution in [0.1, 0.15) is 38.2 Å². The number of carbonyl (C=O) groups is 1. The van der Waals surface area contributed by atoms with Crippen LogP contribution in [-0.4, -0.2) is 28.4 Å². The van der Waals surface area contributed by atoms with E-state index in [1.54, 1.807) is 0 Å². The Kier molecular flexibility index (Phi) is 4.76. The van der Waals surface area contributed by atoms with Crippen molar-refractivity contribution in [2.24, 2.45) is 11.7 Å². The average Bonchev–Trinajstić information content (AvgIpc) is 2.42. The predicted octanol–water partition coefficient (Wildman–Crippen LogP) is 2.70. The first-order valence-corrected chi connectivity index (χ1v) is 7.56. The molecule has 2 N–H and O–H groups in total. The first kappa shape index (κ1) is 15.0. The van der Waals surface area contributed by atoms with Crippen LogP contribution in [0.2, 0.25) is 0 Å². The smallest absolute Gasteiger partial charge is 0.237 e. The third kappa shape index (κ3) is 3.18. The van der Waals surface area contributed by atoms with Crippen molar-refractivity contribution in [3.8, 4) is 0 Å². The van der Waals surface area contributed by atoms with Gasteiger partial charge in [0.1, 0.15) is 5.92 Å². The molecule has 0 aliphatic carbocycles. The van der Waals surface area contributed by atoms with Crippen LogP contribution in [-0.2, 0) is 4.79 Å². The summed E-state index contributed by atoms with van der Waals surface area (Å²) in [6, 6.07) is 9.85. The van der Waals surface area contributed by atoms with Gasteiger partial charge in [-0.25, -0.2) is 0 Å². The number of rotatable bonds is 3. The van der Waals surface area contributed by atoms with Crippen molar-refractivity contribution in [3.05, 3.63) is 35.9 Å². The highest BCUT2D eigenvalue weighted by atomic mass is 32.1. The Bertz CT molecular complexity index is 489. The zero-order chi connectivity index (χ0) is 14.7. The van der Waals surface area contributed by atoms with E-state index in [1.807, 2.05) is 35.2 Å². The fourth-order valence-electron chi connectivity index (χ4n) is 2.84. The number of nitrogens with two attached hydrogens (primary N) is 1. The van der Waals surface area contributed by atoms with E-state index in [9.17, 15) is 4.79 Å². The number of thiocarbonyl (C=S) groups is 1. The van der Waals surface area contributed by atoms with Crippen molar-refractivity contribution in [1.29, 1.82) is 0 Å². The minimum Gasteiger partial charge on any atom is -0.392 e. The lowest BCUT2D eigenvalue weighted by atomic mass is 9.91. The van der Waals surface area contributed by atoms with E-state index in [2.05, 4.69) is 13.8 Å². The third-order valence-electron chi connectivity index (χ3n) is 4.07. The fourth-order valence-corrected chi connectivity index (χ4v) is 3.07. The molecule has 1 amide bonds. The van der Waals surface area contributed by atoms with Gasteiger partial charge < -0.3 is 10.6 Å². The molecule has 3 atom stereocenters. The van der Waals surface area contributed by atoms with Gasteiger partial charge in [-0.3, -0.25) is 4.79 Å². The summed E-state index contributed by atoms with van der Waals surface area (Å²) < 4.78 is 0. The van der Waals surface area contributed by atoms with Crippen molar-refractivity contribution in [1.82, 2.24) is 4.90 Å². The van der Waals surface area contributed by atoms with Crippen LogP contribution < -0.4 is 5.73 Å². The van der Waals surface area contributed by atoms with Gasteiger partial charge in [0.25, 0.3) is 0 Å². The molecule has 0 spiro atoms. The van der Waals surface area contributed by atoms with Crippen molar-refractivity contribution in [2.75, 3.05) is 6.54 Å². The molecule has 1 saturated heterocycles. The largest absolute Gasteiger partial charge is 0.392 e. The normalized spacial score (nSPS) is 24.2. The van der Waals surface area contributed by atoms with E-state index < -0.39 is 5.92 Å². The molecule has 0 bridgehead atoms. The molecular formula is C16H22N2OS. The topological polar surface area (TPSA) is 46.3 Å². The van der Waals surface area contributed by atoms with Crippen LogP contribution in [0.3, 0.4) is 0 Å². The summed E-state index contributed by atoms with van der Waals surface area (Å²) in [7, 11) is 0. The van der Waals surface area contributed by atoms with Gasteiger partial charge >= 0.3 is 0 Å². The van der Waals surface area contributed by atoms with Crippen molar-refractivity contribution in [3.63, 3.8) is 0 Å². The van der Waals surface area contributed by atoms with Crippen molar-refractivity contribution < 1.29 is 4.79 Å². The maximum atomic E-state index is 12.9. The summed E-state index contributed by atoms with van der Waals surface area (Å²) in [6.45, 7) is 5.09. The molecule has 1 fully saturated rings. The van der Waals surface area contributed by atoms with Gasteiger partial charge in [0.2, 0.25) is 5.91 Å². The molecule has 108 valence electrons. The first-order valence-electron chi connectivity index (χ1n) is 7.15. The Morgan fingerprint density at radius 2 is 1.95 bits per heavy atom. The zero-order valence-electron chi connectivity index (χ0n) is 12.1. The Labute approximate surface area is 126 Å². The highest BCUT2D eigenvalue weighted by molar-refractivity contribution is 7.80. The number of hydrogen-bond acceptors (Lipinski definition) is 2. The summed E-state index contributed by atoms with van der Waals surface area (Å²) in [5.41, 5.74) is 6.73. The van der Waals surface area contributed by atoms with Gasteiger partial charge in [0, 0.05) is 12.6 Å². The average molecular weight is 290 g/mol. The SMILES string of the molecule is CC1CCC(C)N(C(=O)C(C(N)=S)c2ccccc2)C1. The van der Waals surface area contributed by atoms with E-state index >= 15 is 0 Å². The lowest BCUT2D eigenvalue weighted by Crippen LogP contribution is -2.48. The van der Waals surface area contributed by atoms with Crippen molar-refractivity contribution in [2.45, 2.75) is 38.6 Å². The van der Waals surface area contributed by atoms with E-state index in [4.69, 9.17) is 18.0 Å². The predicted molar refractivity (Wildman–Crippen MR) is 85.5 cm³/mol. The number of nitrogens with zero attached hydrogens (tertiary/aromatic N) is 1. The lowest BCUT2D eigenvalue weighted by Gasteiger charge is -2.38. The molecule has 1 aromatic rings. The minimum absolute atomic E-state index is 0.0442. The van der Waals surface area contributed by atoms with Gasteiger partial charge in [0.05, 0.1) is 4.99 Å². The molecule has 4 heteroatoms. The molecule has 0 radical (unpaired) electrons. The molecular weight excluding hydrogens is 268 g/mol. The second-order valence-electron chi connectivity index (χ2n) is 5.77. The Morgan fingerprint density at radius 3 is 2.55 bits per heavy atom. The molecule has 20 heavy (non-hydrogen) atoms. The van der Waals surface area contributed by atoms with E-state index in [1.165, 1.54) is 6.42 Å². The summed E-state index contributed by atoms with van der Waals surface area (Å²) in [6.07, 6.45) is 2.22. The van der Waals surface area contributed by atoms with E-state index in [0.29, 0.717) is 5.92 Å². The number of hydrogen-bond donors (Lipinski definition) is 1. The minimum atomic E-state index is -0.501. The summed E-state index contributed by atoms with van der Waals surface area (Å²) in [5, 5.41) is 0. The van der Waals surface area contributed by atoms with Crippen LogP contribution in [0.25, 0.3) is 0 Å². The molecule has 1 aliphatic heterocycles. The monoisotopic (exact) mass is 290 g/mol. The molecule has 3 unspecified atom stereocenters. The highest BCUT2D eigenvalue weighted by Gasteiger charge is 2.33. The third-order valence-corrected chi connectivity index (χ3v) is 4.30. The molecule has 1 aromatic carbocycles. The maximum Gasteiger partial charge on any atom is 0.237 e. The number of amides is 1. The standard InChI is InChI=1S/C16H22N2OS/c1-11-8-9-12(2)18(10-11)16(19)14(15(17)20)13-6-4-3-5-7-13/h3-7,11-12,14H,8-10H2,1-2H3,(H2,17,20). The highest BCUT2D eigenvalue weighted by Crippen LogP contribution is 2.26. The molecule has 1 heterocycles. The van der Waals surface area contributed by atoms with Crippen LogP contribution in [0.15, 0.2) is 30.3 Å². The first-order chi connectivity index (χ1) is 9.50. The van der Waals surface area contributed by atoms with Gasteiger partial charge in [-0.1, -0.05) is 49.5 Å². The number of carbonyl (C=O) groups excluding carboxylic acids is 1. The van der Waals surface area contributed by atoms with Crippen LogP contribution >= 0.6 is 12.2 Å². The Balaban J connectivity index is 2.25. The molecule has 3 nitrogen and oxygen atoms in total. The zero-order valence-corrected chi connectivity index (χ0v) is 12.9. The second-order valence-corrected chi connectivity index (χ2v) is 6.24. The van der Waals surface area contributed by atoms with Crippen LogP contribution in [0.4, 0.5) is 0 Å². The fraction of sp³-hybridized carbons (Fsp3) is 0.500. The summed E-state index contributed by atoms with van der Waals surface area (Å²) in [5.74, 6) is 0.0830. The Hall–Kier alpha value is -1.42. The number of piperidine rings is 1. The summed E-state index contributed by atoms with van der Waals surface area (Å²) >= 11 is 5.14. The van der Waals surface area contributed by atoms with Crippen molar-refractivity contribution >= 4 is 23.1 Å². The van der Waals surface area contributed by atoms with E-state index in [0.717, 1.165) is 18.5 Å². The number of benzene rings is 1. The second kappa shape index (κ2) is 6.35.